The Kier molecular flexibility index (Phi) is 8.61. The Hall–Kier alpha value is -2.83. The number of aromatic nitrogens is 2. The van der Waals surface area contributed by atoms with E-state index in [2.05, 4.69) is 53.3 Å². The molecule has 6 heteroatoms. The van der Waals surface area contributed by atoms with Crippen LogP contribution >= 0.6 is 0 Å². The molecule has 3 aromatic rings. The highest BCUT2D eigenvalue weighted by Gasteiger charge is 2.33. The van der Waals surface area contributed by atoms with Crippen LogP contribution in [0.5, 0.6) is 11.5 Å². The summed E-state index contributed by atoms with van der Waals surface area (Å²) in [5.41, 5.74) is 2.32. The van der Waals surface area contributed by atoms with Crippen LogP contribution in [-0.4, -0.2) is 53.7 Å². The van der Waals surface area contributed by atoms with Crippen molar-refractivity contribution >= 4 is 0 Å². The van der Waals surface area contributed by atoms with Crippen molar-refractivity contribution in [3.8, 4) is 11.5 Å². The van der Waals surface area contributed by atoms with Gasteiger partial charge in [-0.3, -0.25) is 9.58 Å². The van der Waals surface area contributed by atoms with Crippen molar-refractivity contribution in [2.75, 3.05) is 33.4 Å². The van der Waals surface area contributed by atoms with E-state index in [0.29, 0.717) is 13.2 Å². The second kappa shape index (κ2) is 12.0. The van der Waals surface area contributed by atoms with Crippen LogP contribution in [0.1, 0.15) is 36.8 Å². The van der Waals surface area contributed by atoms with Gasteiger partial charge < -0.3 is 14.2 Å². The van der Waals surface area contributed by atoms with Crippen molar-refractivity contribution in [3.63, 3.8) is 0 Å². The largest absolute Gasteiger partial charge is 0.494 e. The molecule has 4 rings (SSSR count). The maximum atomic E-state index is 6.12. The molecule has 2 heterocycles. The summed E-state index contributed by atoms with van der Waals surface area (Å²) >= 11 is 0. The first-order valence-electron chi connectivity index (χ1n) is 12.3. The molecule has 0 spiro atoms. The van der Waals surface area contributed by atoms with Gasteiger partial charge in [0.2, 0.25) is 0 Å². The molecule has 0 N–H and O–H groups in total. The van der Waals surface area contributed by atoms with Crippen LogP contribution in [0, 0.1) is 6.92 Å². The fourth-order valence-corrected chi connectivity index (χ4v) is 4.44. The Morgan fingerprint density at radius 3 is 2.44 bits per heavy atom. The second-order valence-electron chi connectivity index (χ2n) is 9.23. The van der Waals surface area contributed by atoms with Gasteiger partial charge in [0.15, 0.2) is 0 Å². The van der Waals surface area contributed by atoms with Crippen molar-refractivity contribution in [1.82, 2.24) is 14.7 Å². The normalized spacial score (nSPS) is 19.0. The molecule has 1 unspecified atom stereocenters. The molecule has 1 fully saturated rings. The topological polar surface area (TPSA) is 48.8 Å². The third kappa shape index (κ3) is 7.08. The molecule has 1 aliphatic rings. The van der Waals surface area contributed by atoms with Gasteiger partial charge in [0.1, 0.15) is 23.7 Å². The van der Waals surface area contributed by atoms with Gasteiger partial charge >= 0.3 is 0 Å². The number of hydrogen-bond acceptors (Lipinski definition) is 5. The van der Waals surface area contributed by atoms with E-state index in [0.717, 1.165) is 63.4 Å². The van der Waals surface area contributed by atoms with E-state index in [1.54, 1.807) is 6.20 Å². The molecule has 0 saturated carbocycles. The Labute approximate surface area is 203 Å². The summed E-state index contributed by atoms with van der Waals surface area (Å²) in [6, 6.07) is 18.7. The van der Waals surface area contributed by atoms with Gasteiger partial charge in [-0.15, -0.1) is 0 Å². The van der Waals surface area contributed by atoms with Crippen LogP contribution in [0.2, 0.25) is 0 Å². The zero-order valence-electron chi connectivity index (χ0n) is 20.5. The molecule has 182 valence electrons. The van der Waals surface area contributed by atoms with Gasteiger partial charge in [-0.25, -0.2) is 0 Å². The summed E-state index contributed by atoms with van der Waals surface area (Å²) in [6.07, 6.45) is 7.79. The van der Waals surface area contributed by atoms with E-state index in [1.165, 1.54) is 11.1 Å². The van der Waals surface area contributed by atoms with Crippen LogP contribution in [0.25, 0.3) is 0 Å². The highest BCUT2D eigenvalue weighted by atomic mass is 16.5. The lowest BCUT2D eigenvalue weighted by atomic mass is 9.95. The summed E-state index contributed by atoms with van der Waals surface area (Å²) in [5, 5.41) is 4.22. The Morgan fingerprint density at radius 2 is 1.71 bits per heavy atom. The van der Waals surface area contributed by atoms with Crippen molar-refractivity contribution in [2.45, 2.75) is 51.3 Å². The smallest absolute Gasteiger partial charge is 0.119 e. The highest BCUT2D eigenvalue weighted by molar-refractivity contribution is 5.27. The quantitative estimate of drug-likeness (QED) is 0.370. The zero-order chi connectivity index (χ0) is 23.6. The number of nitrogens with zero attached hydrogens (tertiary/aromatic N) is 3. The molecule has 1 aliphatic heterocycles. The monoisotopic (exact) mass is 463 g/mol. The number of rotatable bonds is 11. The van der Waals surface area contributed by atoms with Crippen molar-refractivity contribution in [1.29, 1.82) is 0 Å². The molecular formula is C28H37N3O3. The van der Waals surface area contributed by atoms with E-state index in [1.807, 2.05) is 36.2 Å². The molecular weight excluding hydrogens is 426 g/mol. The minimum Gasteiger partial charge on any atom is -0.494 e. The van der Waals surface area contributed by atoms with Crippen molar-refractivity contribution in [3.05, 3.63) is 78.1 Å². The van der Waals surface area contributed by atoms with Gasteiger partial charge in [0.05, 0.1) is 6.61 Å². The summed E-state index contributed by atoms with van der Waals surface area (Å²) in [4.78, 5) is 2.52. The molecule has 1 atom stereocenters. The lowest BCUT2D eigenvalue weighted by Gasteiger charge is -2.31. The van der Waals surface area contributed by atoms with Crippen molar-refractivity contribution in [2.24, 2.45) is 0 Å². The first-order chi connectivity index (χ1) is 16.6. The molecule has 0 aliphatic carbocycles. The summed E-state index contributed by atoms with van der Waals surface area (Å²) in [6.45, 7) is 7.25. The van der Waals surface area contributed by atoms with Crippen LogP contribution in [-0.2, 0) is 17.8 Å². The molecule has 1 aromatic heterocycles. The van der Waals surface area contributed by atoms with Crippen LogP contribution in [0.3, 0.4) is 0 Å². The van der Waals surface area contributed by atoms with Gasteiger partial charge in [-0.1, -0.05) is 29.8 Å². The van der Waals surface area contributed by atoms with Gasteiger partial charge in [0, 0.05) is 45.6 Å². The molecule has 2 aromatic carbocycles. The molecule has 0 amide bonds. The third-order valence-electron chi connectivity index (χ3n) is 6.64. The number of benzene rings is 2. The van der Waals surface area contributed by atoms with Crippen LogP contribution in [0.4, 0.5) is 0 Å². The molecule has 1 saturated heterocycles. The fourth-order valence-electron chi connectivity index (χ4n) is 4.44. The average Bonchev–Trinajstić information content (AvgIpc) is 3.30. The number of likely N-dealkylation sites (tertiary alicyclic amines) is 1. The average molecular weight is 464 g/mol. The maximum Gasteiger partial charge on any atom is 0.119 e. The SMILES string of the molecule is COC1(COc2ccc(C)cc2)CCCN(Cc2ccc(OCCCn3cccn3)cc2)CC1. The van der Waals surface area contributed by atoms with Crippen LogP contribution in [0.15, 0.2) is 67.0 Å². The van der Waals surface area contributed by atoms with Gasteiger partial charge in [-0.2, -0.15) is 5.10 Å². The second-order valence-corrected chi connectivity index (χ2v) is 9.23. The minimum absolute atomic E-state index is 0.229. The first-order valence-corrected chi connectivity index (χ1v) is 12.3. The van der Waals surface area contributed by atoms with E-state index in [9.17, 15) is 0 Å². The summed E-state index contributed by atoms with van der Waals surface area (Å²) in [5.74, 6) is 1.83. The minimum atomic E-state index is -0.229. The number of aryl methyl sites for hydroxylation is 2. The Balaban J connectivity index is 1.22. The molecule has 0 bridgehead atoms. The number of ether oxygens (including phenoxy) is 3. The number of hydrogen-bond donors (Lipinski definition) is 0. The molecule has 34 heavy (non-hydrogen) atoms. The lowest BCUT2D eigenvalue weighted by molar-refractivity contribution is -0.0541. The molecule has 6 nitrogen and oxygen atoms in total. The predicted octanol–water partition coefficient (Wildman–Crippen LogP) is 5.11. The van der Waals surface area contributed by atoms with E-state index >= 15 is 0 Å². The first kappa shape index (κ1) is 24.3. The third-order valence-corrected chi connectivity index (χ3v) is 6.64. The molecule has 0 radical (unpaired) electrons. The Bertz CT molecular complexity index is 973. The maximum absolute atomic E-state index is 6.12. The summed E-state index contributed by atoms with van der Waals surface area (Å²) in [7, 11) is 1.82. The van der Waals surface area contributed by atoms with E-state index in [-0.39, 0.29) is 5.60 Å². The fraction of sp³-hybridized carbons (Fsp3) is 0.464. The zero-order valence-corrected chi connectivity index (χ0v) is 20.5. The Morgan fingerprint density at radius 1 is 0.941 bits per heavy atom. The van der Waals surface area contributed by atoms with Gasteiger partial charge in [0.25, 0.3) is 0 Å². The van der Waals surface area contributed by atoms with Crippen LogP contribution < -0.4 is 9.47 Å². The lowest BCUT2D eigenvalue weighted by Crippen LogP contribution is -2.39. The van der Waals surface area contributed by atoms with Gasteiger partial charge in [-0.05, 0) is 68.6 Å². The van der Waals surface area contributed by atoms with Crippen molar-refractivity contribution < 1.29 is 14.2 Å². The number of methoxy groups -OCH3 is 1. The standard InChI is InChI=1S/C28H37N3O3/c1-24-6-10-27(11-7-24)34-23-28(32-2)14-3-17-30(20-15-28)22-25-8-12-26(13-9-25)33-21-5-19-31-18-4-16-29-31/h4,6-13,16,18H,3,5,14-15,17,19-23H2,1-2H3. The predicted molar refractivity (Wildman–Crippen MR) is 134 cm³/mol. The summed E-state index contributed by atoms with van der Waals surface area (Å²) < 4.78 is 20.0. The van der Waals surface area contributed by atoms with E-state index < -0.39 is 0 Å². The highest BCUT2D eigenvalue weighted by Crippen LogP contribution is 2.28. The van der Waals surface area contributed by atoms with E-state index in [4.69, 9.17) is 14.2 Å².